The molecule has 2 fully saturated rings. The minimum absolute atomic E-state index is 0.450. The summed E-state index contributed by atoms with van der Waals surface area (Å²) < 4.78 is 0. The number of nitrogens with two attached hydrogens (primary N) is 1. The third-order valence-electron chi connectivity index (χ3n) is 4.41. The first-order valence-electron chi connectivity index (χ1n) is 6.81. The van der Waals surface area contributed by atoms with Crippen LogP contribution in [0.2, 0.25) is 0 Å². The first-order valence-corrected chi connectivity index (χ1v) is 6.81. The molecular formula is C13H26N2. The molecule has 2 aliphatic rings. The van der Waals surface area contributed by atoms with Gasteiger partial charge in [-0.2, -0.15) is 0 Å². The average molecular weight is 210 g/mol. The molecule has 0 amide bonds. The van der Waals surface area contributed by atoms with Gasteiger partial charge in [-0.05, 0) is 51.1 Å². The molecule has 88 valence electrons. The molecule has 3 atom stereocenters. The zero-order valence-corrected chi connectivity index (χ0v) is 10.1. The normalized spacial score (nSPS) is 39.2. The fourth-order valence-electron chi connectivity index (χ4n) is 3.30. The summed E-state index contributed by atoms with van der Waals surface area (Å²) in [5.74, 6) is 0.941. The van der Waals surface area contributed by atoms with Crippen LogP contribution in [0.25, 0.3) is 0 Å². The molecular weight excluding hydrogens is 184 g/mol. The Morgan fingerprint density at radius 1 is 1.13 bits per heavy atom. The van der Waals surface area contributed by atoms with E-state index in [-0.39, 0.29) is 0 Å². The Morgan fingerprint density at radius 2 is 1.87 bits per heavy atom. The molecule has 0 aromatic heterocycles. The second-order valence-electron chi connectivity index (χ2n) is 5.42. The van der Waals surface area contributed by atoms with Gasteiger partial charge in [-0.1, -0.05) is 19.8 Å². The van der Waals surface area contributed by atoms with Crippen LogP contribution in [0.5, 0.6) is 0 Å². The lowest BCUT2D eigenvalue weighted by atomic mass is 9.80. The number of hydrogen-bond donors (Lipinski definition) is 1. The molecule has 0 bridgehead atoms. The van der Waals surface area contributed by atoms with Gasteiger partial charge in [0.05, 0.1) is 0 Å². The van der Waals surface area contributed by atoms with E-state index >= 15 is 0 Å². The Morgan fingerprint density at radius 3 is 2.53 bits per heavy atom. The number of hydrogen-bond acceptors (Lipinski definition) is 2. The predicted molar refractivity (Wildman–Crippen MR) is 64.8 cm³/mol. The smallest absolute Gasteiger partial charge is 0.0249 e. The van der Waals surface area contributed by atoms with Crippen molar-refractivity contribution in [2.75, 3.05) is 13.1 Å². The van der Waals surface area contributed by atoms with Crippen molar-refractivity contribution >= 4 is 0 Å². The number of nitrogens with zero attached hydrogens (tertiary/aromatic N) is 1. The summed E-state index contributed by atoms with van der Waals surface area (Å²) in [7, 11) is 0. The molecule has 1 saturated carbocycles. The van der Waals surface area contributed by atoms with Crippen LogP contribution in [0, 0.1) is 5.92 Å². The summed E-state index contributed by atoms with van der Waals surface area (Å²) in [4.78, 5) is 2.68. The topological polar surface area (TPSA) is 29.3 Å². The molecule has 0 aromatic carbocycles. The highest BCUT2D eigenvalue weighted by molar-refractivity contribution is 4.89. The summed E-state index contributed by atoms with van der Waals surface area (Å²) in [5, 5.41) is 0. The maximum atomic E-state index is 6.29. The third kappa shape index (κ3) is 2.73. The highest BCUT2D eigenvalue weighted by atomic mass is 15.2. The fraction of sp³-hybridized carbons (Fsp3) is 1.00. The molecule has 0 aromatic rings. The van der Waals surface area contributed by atoms with Crippen LogP contribution in [0.15, 0.2) is 0 Å². The van der Waals surface area contributed by atoms with E-state index in [2.05, 4.69) is 11.8 Å². The van der Waals surface area contributed by atoms with Crippen LogP contribution >= 0.6 is 0 Å². The van der Waals surface area contributed by atoms with Crippen LogP contribution < -0.4 is 5.73 Å². The van der Waals surface area contributed by atoms with Crippen molar-refractivity contribution in [3.63, 3.8) is 0 Å². The van der Waals surface area contributed by atoms with Gasteiger partial charge in [0.15, 0.2) is 0 Å². The van der Waals surface area contributed by atoms with Crippen LogP contribution in [-0.2, 0) is 0 Å². The second-order valence-corrected chi connectivity index (χ2v) is 5.42. The molecule has 1 saturated heterocycles. The van der Waals surface area contributed by atoms with E-state index in [1.165, 1.54) is 58.0 Å². The van der Waals surface area contributed by atoms with Gasteiger partial charge in [-0.25, -0.2) is 0 Å². The van der Waals surface area contributed by atoms with Crippen molar-refractivity contribution in [1.29, 1.82) is 0 Å². The van der Waals surface area contributed by atoms with Crippen LogP contribution in [0.3, 0.4) is 0 Å². The molecule has 3 unspecified atom stereocenters. The number of likely N-dealkylation sites (tertiary alicyclic amines) is 1. The Bertz CT molecular complexity index is 187. The molecule has 2 nitrogen and oxygen atoms in total. The molecule has 1 aliphatic carbocycles. The maximum absolute atomic E-state index is 6.29. The lowest BCUT2D eigenvalue weighted by Crippen LogP contribution is -2.52. The lowest BCUT2D eigenvalue weighted by Gasteiger charge is -2.42. The highest BCUT2D eigenvalue weighted by Crippen LogP contribution is 2.30. The van der Waals surface area contributed by atoms with Crippen molar-refractivity contribution in [2.24, 2.45) is 11.7 Å². The molecule has 0 radical (unpaired) electrons. The van der Waals surface area contributed by atoms with Gasteiger partial charge in [0.2, 0.25) is 0 Å². The maximum Gasteiger partial charge on any atom is 0.0249 e. The molecule has 1 aliphatic heterocycles. The van der Waals surface area contributed by atoms with Crippen LogP contribution in [-0.4, -0.2) is 30.1 Å². The average Bonchev–Trinajstić information content (AvgIpc) is 2.31. The largest absolute Gasteiger partial charge is 0.326 e. The van der Waals surface area contributed by atoms with E-state index in [1.54, 1.807) is 0 Å². The highest BCUT2D eigenvalue weighted by Gasteiger charge is 2.31. The van der Waals surface area contributed by atoms with Crippen molar-refractivity contribution in [2.45, 2.75) is 64.0 Å². The third-order valence-corrected chi connectivity index (χ3v) is 4.41. The van der Waals surface area contributed by atoms with Crippen LogP contribution in [0.4, 0.5) is 0 Å². The van der Waals surface area contributed by atoms with Crippen molar-refractivity contribution in [3.8, 4) is 0 Å². The Hall–Kier alpha value is -0.0800. The van der Waals surface area contributed by atoms with Crippen molar-refractivity contribution < 1.29 is 0 Å². The molecule has 2 rings (SSSR count). The summed E-state index contributed by atoms with van der Waals surface area (Å²) in [6.45, 7) is 4.93. The zero-order valence-electron chi connectivity index (χ0n) is 10.1. The van der Waals surface area contributed by atoms with E-state index < -0.39 is 0 Å². The number of piperidine rings is 1. The summed E-state index contributed by atoms with van der Waals surface area (Å²) in [5.41, 5.74) is 6.29. The Labute approximate surface area is 94.2 Å². The van der Waals surface area contributed by atoms with Gasteiger partial charge >= 0.3 is 0 Å². The standard InChI is InChI=1S/C13H26N2/c1-2-11-6-7-12(14)13(10-11)15-8-4-3-5-9-15/h11-13H,2-10,14H2,1H3. The zero-order chi connectivity index (χ0) is 10.7. The van der Waals surface area contributed by atoms with E-state index in [0.717, 1.165) is 5.92 Å². The summed E-state index contributed by atoms with van der Waals surface area (Å²) in [6.07, 6.45) is 9.52. The van der Waals surface area contributed by atoms with E-state index in [4.69, 9.17) is 5.73 Å². The molecule has 15 heavy (non-hydrogen) atoms. The Kier molecular flexibility index (Phi) is 4.04. The number of rotatable bonds is 2. The molecule has 1 heterocycles. The monoisotopic (exact) mass is 210 g/mol. The van der Waals surface area contributed by atoms with Crippen LogP contribution in [0.1, 0.15) is 51.9 Å². The molecule has 2 heteroatoms. The first kappa shape index (κ1) is 11.4. The van der Waals surface area contributed by atoms with Gasteiger partial charge in [0, 0.05) is 12.1 Å². The van der Waals surface area contributed by atoms with Gasteiger partial charge in [0.25, 0.3) is 0 Å². The van der Waals surface area contributed by atoms with Gasteiger partial charge < -0.3 is 5.73 Å². The van der Waals surface area contributed by atoms with E-state index in [1.807, 2.05) is 0 Å². The summed E-state index contributed by atoms with van der Waals surface area (Å²) in [6, 6.07) is 1.15. The first-order chi connectivity index (χ1) is 7.31. The quantitative estimate of drug-likeness (QED) is 0.758. The van der Waals surface area contributed by atoms with E-state index in [9.17, 15) is 0 Å². The van der Waals surface area contributed by atoms with E-state index in [0.29, 0.717) is 12.1 Å². The van der Waals surface area contributed by atoms with Gasteiger partial charge in [-0.15, -0.1) is 0 Å². The summed E-state index contributed by atoms with van der Waals surface area (Å²) >= 11 is 0. The second kappa shape index (κ2) is 5.31. The molecule has 2 N–H and O–H groups in total. The van der Waals surface area contributed by atoms with Crippen molar-refractivity contribution in [3.05, 3.63) is 0 Å². The minimum atomic E-state index is 0.450. The van der Waals surface area contributed by atoms with Gasteiger partial charge in [-0.3, -0.25) is 4.90 Å². The lowest BCUT2D eigenvalue weighted by molar-refractivity contribution is 0.0918. The minimum Gasteiger partial charge on any atom is -0.326 e. The predicted octanol–water partition coefficient (Wildman–Crippen LogP) is 2.38. The van der Waals surface area contributed by atoms with Gasteiger partial charge in [0.1, 0.15) is 0 Å². The Balaban J connectivity index is 1.92. The molecule has 0 spiro atoms. The van der Waals surface area contributed by atoms with Crippen molar-refractivity contribution in [1.82, 2.24) is 4.90 Å². The SMILES string of the molecule is CCC1CCC(N)C(N2CCCCC2)C1. The fourth-order valence-corrected chi connectivity index (χ4v) is 3.30.